The Morgan fingerprint density at radius 3 is 2.92 bits per heavy atom. The summed E-state index contributed by atoms with van der Waals surface area (Å²) in [6, 6.07) is 5.97. The van der Waals surface area contributed by atoms with Gasteiger partial charge in [0.25, 0.3) is 5.56 Å². The molecule has 0 atom stereocenters. The molecule has 0 radical (unpaired) electrons. The van der Waals surface area contributed by atoms with Crippen LogP contribution in [0.25, 0.3) is 21.3 Å². The van der Waals surface area contributed by atoms with Gasteiger partial charge in [-0.05, 0) is 61.2 Å². The van der Waals surface area contributed by atoms with Crippen LogP contribution in [0.15, 0.2) is 29.3 Å². The van der Waals surface area contributed by atoms with E-state index in [0.717, 1.165) is 39.7 Å². The average Bonchev–Trinajstić information content (AvgIpc) is 3.25. The van der Waals surface area contributed by atoms with Crippen LogP contribution in [-0.2, 0) is 19.4 Å². The maximum absolute atomic E-state index is 11.8. The molecule has 0 saturated carbocycles. The van der Waals surface area contributed by atoms with Crippen molar-refractivity contribution in [3.8, 4) is 0 Å². The van der Waals surface area contributed by atoms with Gasteiger partial charge >= 0.3 is 0 Å². The number of aromatic nitrogens is 4. The second kappa shape index (κ2) is 7.14. The average molecular weight is 386 g/mol. The highest BCUT2D eigenvalue weighted by Crippen LogP contribution is 2.33. The molecule has 0 aliphatic heterocycles. The molecule has 1 aromatic carbocycles. The quantitative estimate of drug-likeness (QED) is 0.376. The first-order chi connectivity index (χ1) is 12.7. The minimum atomic E-state index is -0.0341. The molecule has 5 N–H and O–H groups in total. The highest BCUT2D eigenvalue weighted by Gasteiger charge is 2.18. The van der Waals surface area contributed by atoms with Crippen molar-refractivity contribution in [3.05, 3.63) is 55.7 Å². The lowest BCUT2D eigenvalue weighted by Gasteiger charge is -2.09. The molecule has 0 bridgehead atoms. The number of nitrogens with one attached hydrogen (secondary N) is 3. The first-order valence-electron chi connectivity index (χ1n) is 8.54. The van der Waals surface area contributed by atoms with Crippen molar-refractivity contribution in [1.82, 2.24) is 19.9 Å². The fourth-order valence-corrected chi connectivity index (χ4v) is 4.85. The van der Waals surface area contributed by atoms with Crippen molar-refractivity contribution in [2.45, 2.75) is 32.2 Å². The van der Waals surface area contributed by atoms with E-state index in [1.165, 1.54) is 23.3 Å². The van der Waals surface area contributed by atoms with Gasteiger partial charge in [-0.3, -0.25) is 9.78 Å². The molecule has 8 heteroatoms. The lowest BCUT2D eigenvalue weighted by atomic mass is 9.97. The Bertz CT molecular complexity index is 1180. The molecule has 6 nitrogen and oxygen atoms in total. The van der Waals surface area contributed by atoms with E-state index in [2.05, 4.69) is 19.9 Å². The van der Waals surface area contributed by atoms with E-state index in [4.69, 9.17) is 18.0 Å². The minimum Gasteiger partial charge on any atom is -0.345 e. The molecular weight excluding hydrogens is 366 g/mol. The van der Waals surface area contributed by atoms with E-state index in [9.17, 15) is 4.79 Å². The maximum Gasteiger partial charge on any atom is 0.260 e. The van der Waals surface area contributed by atoms with Crippen LogP contribution in [0.3, 0.4) is 0 Å². The largest absolute Gasteiger partial charge is 0.345 e. The van der Waals surface area contributed by atoms with E-state index in [-0.39, 0.29) is 5.56 Å². The maximum atomic E-state index is 11.8. The van der Waals surface area contributed by atoms with Gasteiger partial charge in [0.15, 0.2) is 4.77 Å². The number of rotatable bonds is 1. The normalized spacial score (nSPS) is 13.4. The van der Waals surface area contributed by atoms with Crippen LogP contribution in [-0.4, -0.2) is 19.9 Å². The third-order valence-corrected chi connectivity index (χ3v) is 5.98. The summed E-state index contributed by atoms with van der Waals surface area (Å²) < 4.78 is 0.422. The fourth-order valence-electron chi connectivity index (χ4n) is 3.30. The van der Waals surface area contributed by atoms with Crippen LogP contribution in [0.1, 0.15) is 28.8 Å². The number of nitrogens with zero attached hydrogens (tertiary/aromatic N) is 1. The molecule has 1 aliphatic carbocycles. The van der Waals surface area contributed by atoms with Gasteiger partial charge in [0.2, 0.25) is 0 Å². The number of aromatic amines is 3. The summed E-state index contributed by atoms with van der Waals surface area (Å²) in [5, 5.41) is 0.836. The van der Waals surface area contributed by atoms with Crippen LogP contribution in [0.2, 0.25) is 0 Å². The molecule has 0 saturated heterocycles. The van der Waals surface area contributed by atoms with Crippen molar-refractivity contribution in [2.75, 3.05) is 0 Å². The number of hydrogen-bond acceptors (Lipinski definition) is 5. The number of aryl methyl sites for hydroxylation is 2. The molecule has 0 amide bonds. The molecule has 0 spiro atoms. The van der Waals surface area contributed by atoms with Gasteiger partial charge in [0.1, 0.15) is 4.83 Å². The van der Waals surface area contributed by atoms with Gasteiger partial charge in [0, 0.05) is 11.4 Å². The van der Waals surface area contributed by atoms with Crippen molar-refractivity contribution >= 4 is 44.8 Å². The van der Waals surface area contributed by atoms with Crippen LogP contribution in [0.5, 0.6) is 0 Å². The second-order valence-electron chi connectivity index (χ2n) is 6.28. The molecule has 1 aliphatic rings. The van der Waals surface area contributed by atoms with E-state index < -0.39 is 0 Å². The predicted octanol–water partition coefficient (Wildman–Crippen LogP) is 3.55. The highest BCUT2D eigenvalue weighted by atomic mass is 32.1. The van der Waals surface area contributed by atoms with Crippen LogP contribution < -0.4 is 11.3 Å². The van der Waals surface area contributed by atoms with Crippen molar-refractivity contribution < 1.29 is 0 Å². The summed E-state index contributed by atoms with van der Waals surface area (Å²) in [6.07, 6.45) is 6.25. The minimum absolute atomic E-state index is 0.0341. The number of hydrogen-bond donors (Lipinski definition) is 4. The van der Waals surface area contributed by atoms with E-state index in [0.29, 0.717) is 11.3 Å². The Morgan fingerprint density at radius 1 is 1.23 bits per heavy atom. The first-order valence-corrected chi connectivity index (χ1v) is 9.77. The molecule has 3 aromatic heterocycles. The third kappa shape index (κ3) is 3.23. The van der Waals surface area contributed by atoms with Crippen molar-refractivity contribution in [1.29, 1.82) is 0 Å². The Hall–Kier alpha value is -2.29. The molecule has 0 unspecified atom stereocenters. The third-order valence-electron chi connectivity index (χ3n) is 4.57. The van der Waals surface area contributed by atoms with E-state index >= 15 is 0 Å². The second-order valence-corrected chi connectivity index (χ2v) is 7.79. The monoisotopic (exact) mass is 385 g/mol. The Kier molecular flexibility index (Phi) is 4.71. The number of imidazole rings is 1. The predicted molar refractivity (Wildman–Crippen MR) is 108 cm³/mol. The number of thiophene rings is 1. The zero-order chi connectivity index (χ0) is 18.1. The van der Waals surface area contributed by atoms with Crippen LogP contribution >= 0.6 is 23.6 Å². The van der Waals surface area contributed by atoms with Gasteiger partial charge in [0.05, 0.1) is 22.7 Å². The Labute approximate surface area is 158 Å². The van der Waals surface area contributed by atoms with Gasteiger partial charge in [-0.15, -0.1) is 11.3 Å². The summed E-state index contributed by atoms with van der Waals surface area (Å²) in [6.45, 7) is 0.578. The van der Waals surface area contributed by atoms with Crippen LogP contribution in [0, 0.1) is 4.77 Å². The molecule has 0 fully saturated rings. The first kappa shape index (κ1) is 17.1. The molecule has 4 aromatic rings. The summed E-state index contributed by atoms with van der Waals surface area (Å²) in [5.74, 6) is 0. The lowest BCUT2D eigenvalue weighted by Crippen LogP contribution is -2.09. The molecular formula is C18H19N5OS2. The molecule has 134 valence electrons. The number of benzene rings is 1. The zero-order valence-corrected chi connectivity index (χ0v) is 15.7. The number of H-pyrrole nitrogens is 3. The van der Waals surface area contributed by atoms with Gasteiger partial charge in [-0.25, -0.2) is 4.98 Å². The molecule has 3 heterocycles. The van der Waals surface area contributed by atoms with Gasteiger partial charge < -0.3 is 15.7 Å². The summed E-state index contributed by atoms with van der Waals surface area (Å²) in [7, 11) is 0. The van der Waals surface area contributed by atoms with Crippen molar-refractivity contribution in [3.63, 3.8) is 0 Å². The topological polar surface area (TPSA) is 103 Å². The SMILES string of the molecule is NCc1ccc2nc[nH]c2c1.O=c1[nH]c(=S)[nH]c2sc3c(c12)CCCC3. The molecule has 26 heavy (non-hydrogen) atoms. The van der Waals surface area contributed by atoms with Gasteiger partial charge in [-0.1, -0.05) is 6.07 Å². The summed E-state index contributed by atoms with van der Waals surface area (Å²) in [4.78, 5) is 26.9. The van der Waals surface area contributed by atoms with Crippen molar-refractivity contribution in [2.24, 2.45) is 5.73 Å². The van der Waals surface area contributed by atoms with Gasteiger partial charge in [-0.2, -0.15) is 0 Å². The standard InChI is InChI=1S/C10H10N2OS2.C8H9N3/c13-8-7-5-3-1-2-4-6(5)15-9(7)12-10(14)11-8;9-4-6-1-2-7-8(3-6)11-5-10-7/h1-4H2,(H2,11,12,13,14);1-3,5H,4,9H2,(H,10,11). The Morgan fingerprint density at radius 2 is 2.08 bits per heavy atom. The smallest absolute Gasteiger partial charge is 0.260 e. The number of nitrogens with two attached hydrogens (primary N) is 1. The highest BCUT2D eigenvalue weighted by molar-refractivity contribution is 7.71. The summed E-state index contributed by atoms with van der Waals surface area (Å²) >= 11 is 6.65. The van der Waals surface area contributed by atoms with E-state index in [1.807, 2.05) is 18.2 Å². The fraction of sp³-hybridized carbons (Fsp3) is 0.278. The van der Waals surface area contributed by atoms with E-state index in [1.54, 1.807) is 17.7 Å². The Balaban J connectivity index is 0.000000136. The summed E-state index contributed by atoms with van der Waals surface area (Å²) in [5.41, 5.74) is 9.85. The van der Waals surface area contributed by atoms with Crippen LogP contribution in [0.4, 0.5) is 0 Å². The number of fused-ring (bicyclic) bond motifs is 4. The molecule has 5 rings (SSSR count). The zero-order valence-electron chi connectivity index (χ0n) is 14.1. The lowest BCUT2D eigenvalue weighted by molar-refractivity contribution is 0.700.